The highest BCUT2D eigenvalue weighted by atomic mass is 32.1. The van der Waals surface area contributed by atoms with Gasteiger partial charge in [-0.2, -0.15) is 4.98 Å². The predicted octanol–water partition coefficient (Wildman–Crippen LogP) is 2.05. The maximum atomic E-state index is 5.43. The molecule has 0 fully saturated rings. The maximum Gasteiger partial charge on any atom is 0.314 e. The van der Waals surface area contributed by atoms with Crippen LogP contribution in [0.4, 0.5) is 0 Å². The summed E-state index contributed by atoms with van der Waals surface area (Å²) in [4.78, 5) is 4.09. The highest BCUT2D eigenvalue weighted by molar-refractivity contribution is 7.71. The SMILES string of the molecule is CC(C)(C)OCc1nc(=S)o[nH]1. The summed E-state index contributed by atoms with van der Waals surface area (Å²) in [5, 5.41) is 2.56. The van der Waals surface area contributed by atoms with Crippen molar-refractivity contribution >= 4 is 12.2 Å². The van der Waals surface area contributed by atoms with E-state index in [-0.39, 0.29) is 10.4 Å². The summed E-state index contributed by atoms with van der Waals surface area (Å²) in [7, 11) is 0. The zero-order valence-electron chi connectivity index (χ0n) is 7.38. The smallest absolute Gasteiger partial charge is 0.314 e. The number of hydrogen-bond acceptors (Lipinski definition) is 4. The summed E-state index contributed by atoms with van der Waals surface area (Å²) in [5.74, 6) is 0.620. The molecule has 0 aliphatic rings. The molecule has 0 saturated carbocycles. The van der Waals surface area contributed by atoms with E-state index in [1.165, 1.54) is 0 Å². The molecule has 1 rings (SSSR count). The number of rotatable bonds is 2. The van der Waals surface area contributed by atoms with Crippen LogP contribution in [0.3, 0.4) is 0 Å². The molecule has 68 valence electrons. The maximum absolute atomic E-state index is 5.43. The molecule has 1 aromatic rings. The van der Waals surface area contributed by atoms with Crippen molar-refractivity contribution in [2.75, 3.05) is 0 Å². The van der Waals surface area contributed by atoms with Gasteiger partial charge < -0.3 is 9.26 Å². The predicted molar refractivity (Wildman–Crippen MR) is 46.2 cm³/mol. The fourth-order valence-electron chi connectivity index (χ4n) is 0.605. The van der Waals surface area contributed by atoms with Gasteiger partial charge in [0.15, 0.2) is 5.82 Å². The zero-order valence-corrected chi connectivity index (χ0v) is 8.20. The summed E-state index contributed by atoms with van der Waals surface area (Å²) in [6.45, 7) is 6.31. The van der Waals surface area contributed by atoms with Gasteiger partial charge in [0.05, 0.1) is 5.60 Å². The molecule has 5 heteroatoms. The lowest BCUT2D eigenvalue weighted by molar-refractivity contribution is -0.0187. The lowest BCUT2D eigenvalue weighted by atomic mass is 10.2. The summed E-state index contributed by atoms with van der Waals surface area (Å²) in [5.41, 5.74) is -0.172. The van der Waals surface area contributed by atoms with Gasteiger partial charge in [0.25, 0.3) is 0 Å². The van der Waals surface area contributed by atoms with Crippen molar-refractivity contribution in [3.05, 3.63) is 10.7 Å². The average Bonchev–Trinajstić information content (AvgIpc) is 2.30. The molecule has 1 N–H and O–H groups in total. The van der Waals surface area contributed by atoms with Gasteiger partial charge in [0.2, 0.25) is 0 Å². The van der Waals surface area contributed by atoms with E-state index in [4.69, 9.17) is 9.26 Å². The van der Waals surface area contributed by atoms with Crippen LogP contribution < -0.4 is 0 Å². The van der Waals surface area contributed by atoms with Gasteiger partial charge in [-0.15, -0.1) is 0 Å². The number of nitrogens with one attached hydrogen (secondary N) is 1. The van der Waals surface area contributed by atoms with Crippen molar-refractivity contribution in [3.63, 3.8) is 0 Å². The molecule has 0 amide bonds. The van der Waals surface area contributed by atoms with Gasteiger partial charge in [0, 0.05) is 0 Å². The van der Waals surface area contributed by atoms with Crippen molar-refractivity contribution in [2.45, 2.75) is 33.0 Å². The topological polar surface area (TPSA) is 51.1 Å². The molecule has 0 aliphatic heterocycles. The van der Waals surface area contributed by atoms with Gasteiger partial charge in [-0.25, -0.2) is 5.16 Å². The van der Waals surface area contributed by atoms with Crippen LogP contribution in [0, 0.1) is 4.84 Å². The van der Waals surface area contributed by atoms with E-state index in [0.717, 1.165) is 0 Å². The highest BCUT2D eigenvalue weighted by Gasteiger charge is 2.11. The fourth-order valence-corrected chi connectivity index (χ4v) is 0.757. The van der Waals surface area contributed by atoms with Crippen LogP contribution >= 0.6 is 12.2 Å². The average molecular weight is 188 g/mol. The quantitative estimate of drug-likeness (QED) is 0.722. The van der Waals surface area contributed by atoms with Crippen LogP contribution in [0.5, 0.6) is 0 Å². The minimum Gasteiger partial charge on any atom is -0.368 e. The standard InChI is InChI=1S/C7H12N2O2S/c1-7(2,3)10-4-5-8-6(12)11-9-5/h4H2,1-3H3,(H,8,9,12). The Morgan fingerprint density at radius 3 is 2.67 bits per heavy atom. The molecule has 12 heavy (non-hydrogen) atoms. The van der Waals surface area contributed by atoms with Gasteiger partial charge in [-0.1, -0.05) is 0 Å². The molecule has 0 spiro atoms. The molecule has 1 aromatic heterocycles. The molecule has 0 aliphatic carbocycles. The Balaban J connectivity index is 2.49. The Morgan fingerprint density at radius 1 is 1.58 bits per heavy atom. The molecule has 0 saturated heterocycles. The Bertz CT molecular complexity index is 297. The minimum atomic E-state index is -0.172. The van der Waals surface area contributed by atoms with E-state index < -0.39 is 0 Å². The molecule has 0 unspecified atom stereocenters. The fraction of sp³-hybridized carbons (Fsp3) is 0.714. The highest BCUT2D eigenvalue weighted by Crippen LogP contribution is 2.09. The summed E-state index contributed by atoms with van der Waals surface area (Å²) in [6.07, 6.45) is 0. The first-order chi connectivity index (χ1) is 5.47. The van der Waals surface area contributed by atoms with Gasteiger partial charge in [0.1, 0.15) is 6.61 Å². The number of ether oxygens (including phenoxy) is 1. The number of hydrogen-bond donors (Lipinski definition) is 1. The Kier molecular flexibility index (Phi) is 2.64. The lowest BCUT2D eigenvalue weighted by Crippen LogP contribution is -2.19. The first-order valence-electron chi connectivity index (χ1n) is 3.66. The van der Waals surface area contributed by atoms with Crippen LogP contribution in [0.2, 0.25) is 0 Å². The number of H-pyrrole nitrogens is 1. The summed E-state index contributed by atoms with van der Waals surface area (Å²) >= 11 is 4.68. The lowest BCUT2D eigenvalue weighted by Gasteiger charge is -2.17. The minimum absolute atomic E-state index is 0.172. The summed E-state index contributed by atoms with van der Waals surface area (Å²) < 4.78 is 10.2. The molecule has 0 aromatic carbocycles. The molecular formula is C7H12N2O2S. The monoisotopic (exact) mass is 188 g/mol. The molecule has 0 bridgehead atoms. The van der Waals surface area contributed by atoms with Crippen molar-refractivity contribution in [1.29, 1.82) is 0 Å². The van der Waals surface area contributed by atoms with E-state index in [0.29, 0.717) is 12.4 Å². The number of nitrogens with zero attached hydrogens (tertiary/aromatic N) is 1. The first kappa shape index (κ1) is 9.41. The third-order valence-electron chi connectivity index (χ3n) is 1.12. The third kappa shape index (κ3) is 3.15. The second-order valence-electron chi connectivity index (χ2n) is 3.43. The molecule has 1 heterocycles. The molecule has 4 nitrogen and oxygen atoms in total. The van der Waals surface area contributed by atoms with Crippen molar-refractivity contribution < 1.29 is 9.26 Å². The van der Waals surface area contributed by atoms with Crippen molar-refractivity contribution in [1.82, 2.24) is 10.1 Å². The molecular weight excluding hydrogens is 176 g/mol. The Labute approximate surface area is 75.9 Å². The third-order valence-corrected chi connectivity index (χ3v) is 1.30. The van der Waals surface area contributed by atoms with Crippen LogP contribution in [0.15, 0.2) is 4.52 Å². The number of aromatic nitrogens is 2. The largest absolute Gasteiger partial charge is 0.368 e. The summed E-state index contributed by atoms with van der Waals surface area (Å²) in [6, 6.07) is 0. The van der Waals surface area contributed by atoms with Gasteiger partial charge >= 0.3 is 4.84 Å². The second-order valence-corrected chi connectivity index (χ2v) is 3.78. The Hall–Kier alpha value is -0.680. The van der Waals surface area contributed by atoms with Crippen LogP contribution in [0.25, 0.3) is 0 Å². The van der Waals surface area contributed by atoms with E-state index in [9.17, 15) is 0 Å². The van der Waals surface area contributed by atoms with Crippen molar-refractivity contribution in [2.24, 2.45) is 0 Å². The van der Waals surface area contributed by atoms with Crippen LogP contribution in [0.1, 0.15) is 26.6 Å². The van der Waals surface area contributed by atoms with E-state index >= 15 is 0 Å². The second kappa shape index (κ2) is 3.37. The zero-order chi connectivity index (χ0) is 9.19. The number of aromatic amines is 1. The van der Waals surface area contributed by atoms with Crippen LogP contribution in [-0.4, -0.2) is 15.7 Å². The van der Waals surface area contributed by atoms with E-state index in [1.54, 1.807) is 0 Å². The van der Waals surface area contributed by atoms with Crippen molar-refractivity contribution in [3.8, 4) is 0 Å². The van der Waals surface area contributed by atoms with Gasteiger partial charge in [-0.3, -0.25) is 0 Å². The first-order valence-corrected chi connectivity index (χ1v) is 4.06. The molecule has 0 radical (unpaired) electrons. The normalized spacial score (nSPS) is 11.9. The Morgan fingerprint density at radius 2 is 2.25 bits per heavy atom. The molecule has 0 atom stereocenters. The van der Waals surface area contributed by atoms with Gasteiger partial charge in [-0.05, 0) is 33.0 Å². The van der Waals surface area contributed by atoms with E-state index in [1.807, 2.05) is 20.8 Å². The van der Waals surface area contributed by atoms with Crippen LogP contribution in [-0.2, 0) is 11.3 Å². The van der Waals surface area contributed by atoms with E-state index in [2.05, 4.69) is 22.4 Å².